The number of nitrogens with one attached hydrogen (secondary N) is 1. The maximum Gasteiger partial charge on any atom is 0.232 e. The first-order valence-electron chi connectivity index (χ1n) is 3.83. The molecule has 1 saturated carbocycles. The van der Waals surface area contributed by atoms with E-state index in [1.54, 1.807) is 0 Å². The van der Waals surface area contributed by atoms with Crippen LogP contribution in [0.2, 0.25) is 0 Å². The van der Waals surface area contributed by atoms with E-state index in [0.29, 0.717) is 0 Å². The molecule has 0 aromatic heterocycles. The average molecular weight is 178 g/mol. The van der Waals surface area contributed by atoms with Crippen LogP contribution in [0.5, 0.6) is 0 Å². The minimum Gasteiger partial charge on any atom is -0.326 e. The molecule has 3 unspecified atom stereocenters. The van der Waals surface area contributed by atoms with Gasteiger partial charge in [-0.1, -0.05) is 12.8 Å². The summed E-state index contributed by atoms with van der Waals surface area (Å²) in [6.45, 7) is 0. The van der Waals surface area contributed by atoms with Crippen LogP contribution in [0.25, 0.3) is 0 Å². The second kappa shape index (κ2) is 4.15. The fraction of sp³-hybridized carbons (Fsp3) is 1.00. The zero-order chi connectivity index (χ0) is 8.27. The van der Waals surface area contributed by atoms with E-state index in [1.807, 2.05) is 0 Å². The predicted octanol–water partition coefficient (Wildman–Crippen LogP) is -0.0174. The van der Waals surface area contributed by atoms with Crippen LogP contribution in [0.15, 0.2) is 0 Å². The molecular formula is C6H14N2O2S. The second-order valence-electron chi connectivity index (χ2n) is 2.92. The third kappa shape index (κ3) is 2.86. The van der Waals surface area contributed by atoms with Crippen molar-refractivity contribution in [2.75, 3.05) is 0 Å². The molecule has 0 saturated heterocycles. The zero-order valence-electron chi connectivity index (χ0n) is 6.32. The van der Waals surface area contributed by atoms with Gasteiger partial charge in [0.25, 0.3) is 0 Å². The second-order valence-corrected chi connectivity index (χ2v) is 3.66. The fourth-order valence-electron chi connectivity index (χ4n) is 1.44. The lowest BCUT2D eigenvalue weighted by atomic mass is 9.92. The maximum atomic E-state index is 10.4. The first-order chi connectivity index (χ1) is 5.20. The largest absolute Gasteiger partial charge is 0.326 e. The summed E-state index contributed by atoms with van der Waals surface area (Å²) >= 11 is -1.91. The van der Waals surface area contributed by atoms with E-state index in [4.69, 9.17) is 10.3 Å². The van der Waals surface area contributed by atoms with E-state index in [2.05, 4.69) is 4.72 Å². The summed E-state index contributed by atoms with van der Waals surface area (Å²) in [5.74, 6) is 0. The lowest BCUT2D eigenvalue weighted by molar-refractivity contribution is 0.359. The van der Waals surface area contributed by atoms with Gasteiger partial charge in [0, 0.05) is 12.1 Å². The van der Waals surface area contributed by atoms with Gasteiger partial charge in [-0.2, -0.15) is 0 Å². The minimum absolute atomic E-state index is 0.0228. The topological polar surface area (TPSA) is 75.3 Å². The monoisotopic (exact) mass is 178 g/mol. The summed E-state index contributed by atoms with van der Waals surface area (Å²) in [6, 6.07) is 0.0643. The van der Waals surface area contributed by atoms with Crippen molar-refractivity contribution in [1.82, 2.24) is 4.72 Å². The van der Waals surface area contributed by atoms with Gasteiger partial charge in [-0.25, -0.2) is 8.93 Å². The minimum atomic E-state index is -1.91. The Bertz CT molecular complexity index is 154. The van der Waals surface area contributed by atoms with Crippen LogP contribution < -0.4 is 10.5 Å². The molecule has 0 aromatic rings. The Hall–Kier alpha value is 0.0300. The summed E-state index contributed by atoms with van der Waals surface area (Å²) < 4.78 is 21.4. The SMILES string of the molecule is NC1CCCCC1NS(=O)O. The third-order valence-electron chi connectivity index (χ3n) is 2.07. The molecule has 0 bridgehead atoms. The highest BCUT2D eigenvalue weighted by Gasteiger charge is 2.22. The molecule has 5 heteroatoms. The number of rotatable bonds is 2. The predicted molar refractivity (Wildman–Crippen MR) is 44.1 cm³/mol. The number of hydrogen-bond donors (Lipinski definition) is 3. The van der Waals surface area contributed by atoms with Crippen molar-refractivity contribution in [3.05, 3.63) is 0 Å². The third-order valence-corrected chi connectivity index (χ3v) is 2.58. The van der Waals surface area contributed by atoms with Gasteiger partial charge in [0.15, 0.2) is 0 Å². The molecule has 0 amide bonds. The Balaban J connectivity index is 2.35. The van der Waals surface area contributed by atoms with Gasteiger partial charge in [0.05, 0.1) is 0 Å². The maximum absolute atomic E-state index is 10.4. The average Bonchev–Trinajstić information content (AvgIpc) is 1.93. The van der Waals surface area contributed by atoms with Crippen LogP contribution in [0.3, 0.4) is 0 Å². The van der Waals surface area contributed by atoms with Crippen LogP contribution in [0, 0.1) is 0 Å². The van der Waals surface area contributed by atoms with E-state index in [9.17, 15) is 4.21 Å². The summed E-state index contributed by atoms with van der Waals surface area (Å²) in [4.78, 5) is 0. The van der Waals surface area contributed by atoms with Crippen LogP contribution in [-0.2, 0) is 11.3 Å². The highest BCUT2D eigenvalue weighted by Crippen LogP contribution is 2.16. The molecule has 0 aromatic carbocycles. The normalized spacial score (nSPS) is 35.1. The molecular weight excluding hydrogens is 164 g/mol. The first-order valence-corrected chi connectivity index (χ1v) is 4.93. The molecule has 1 aliphatic rings. The molecule has 4 nitrogen and oxygen atoms in total. The Morgan fingerprint density at radius 2 is 2.09 bits per heavy atom. The van der Waals surface area contributed by atoms with E-state index in [0.717, 1.165) is 25.7 Å². The van der Waals surface area contributed by atoms with Gasteiger partial charge in [0.1, 0.15) is 0 Å². The standard InChI is InChI=1S/C6H14N2O2S/c7-5-3-1-2-4-6(5)8-11(9)10/h5-6,8H,1-4,7H2,(H,9,10). The molecule has 11 heavy (non-hydrogen) atoms. The molecule has 0 heterocycles. The lowest BCUT2D eigenvalue weighted by Gasteiger charge is -2.27. The lowest BCUT2D eigenvalue weighted by Crippen LogP contribution is -2.47. The van der Waals surface area contributed by atoms with Gasteiger partial charge in [-0.3, -0.25) is 4.55 Å². The Morgan fingerprint density at radius 3 is 2.64 bits per heavy atom. The fourth-order valence-corrected chi connectivity index (χ4v) is 1.99. The quantitative estimate of drug-likeness (QED) is 0.520. The molecule has 66 valence electrons. The van der Waals surface area contributed by atoms with Crippen LogP contribution in [0.4, 0.5) is 0 Å². The zero-order valence-corrected chi connectivity index (χ0v) is 7.14. The van der Waals surface area contributed by atoms with Gasteiger partial charge in [-0.05, 0) is 12.8 Å². The summed E-state index contributed by atoms with van der Waals surface area (Å²) in [5.41, 5.74) is 5.72. The van der Waals surface area contributed by atoms with Gasteiger partial charge < -0.3 is 5.73 Å². The molecule has 0 radical (unpaired) electrons. The Kier molecular flexibility index (Phi) is 3.45. The van der Waals surface area contributed by atoms with Crippen molar-refractivity contribution >= 4 is 11.3 Å². The highest BCUT2D eigenvalue weighted by molar-refractivity contribution is 7.77. The summed E-state index contributed by atoms with van der Waals surface area (Å²) in [7, 11) is 0. The Morgan fingerprint density at radius 1 is 1.45 bits per heavy atom. The van der Waals surface area contributed by atoms with E-state index in [-0.39, 0.29) is 12.1 Å². The number of hydrogen-bond acceptors (Lipinski definition) is 2. The van der Waals surface area contributed by atoms with E-state index >= 15 is 0 Å². The van der Waals surface area contributed by atoms with Crippen LogP contribution >= 0.6 is 0 Å². The van der Waals surface area contributed by atoms with Crippen LogP contribution in [0.1, 0.15) is 25.7 Å². The first kappa shape index (κ1) is 9.12. The molecule has 0 spiro atoms. The highest BCUT2D eigenvalue weighted by atomic mass is 32.2. The molecule has 0 aliphatic heterocycles. The molecule has 1 fully saturated rings. The van der Waals surface area contributed by atoms with Crippen molar-refractivity contribution in [1.29, 1.82) is 0 Å². The molecule has 1 aliphatic carbocycles. The van der Waals surface area contributed by atoms with Gasteiger partial charge in [-0.15, -0.1) is 0 Å². The summed E-state index contributed by atoms with van der Waals surface area (Å²) in [5, 5.41) is 0. The van der Waals surface area contributed by atoms with Crippen molar-refractivity contribution in [2.45, 2.75) is 37.8 Å². The van der Waals surface area contributed by atoms with Crippen molar-refractivity contribution in [3.8, 4) is 0 Å². The van der Waals surface area contributed by atoms with Crippen molar-refractivity contribution in [3.63, 3.8) is 0 Å². The smallest absolute Gasteiger partial charge is 0.232 e. The van der Waals surface area contributed by atoms with E-state index in [1.165, 1.54) is 0 Å². The van der Waals surface area contributed by atoms with Crippen molar-refractivity contribution in [2.24, 2.45) is 5.73 Å². The Labute approximate surface area is 69.0 Å². The van der Waals surface area contributed by atoms with Crippen molar-refractivity contribution < 1.29 is 8.76 Å². The van der Waals surface area contributed by atoms with Gasteiger partial charge >= 0.3 is 0 Å². The van der Waals surface area contributed by atoms with Crippen LogP contribution in [-0.4, -0.2) is 20.8 Å². The molecule has 4 N–H and O–H groups in total. The molecule has 3 atom stereocenters. The number of nitrogens with two attached hydrogens (primary N) is 1. The summed E-state index contributed by atoms with van der Waals surface area (Å²) in [6.07, 6.45) is 4.10. The van der Waals surface area contributed by atoms with Gasteiger partial charge in [0.2, 0.25) is 11.3 Å². The van der Waals surface area contributed by atoms with E-state index < -0.39 is 11.3 Å². The molecule has 1 rings (SSSR count).